The standard InChI is InChI=1S/C26H33N3O2/c1-3-20(2)19-27-26(31)23-11-7-8-12-24(23)29-17-15-22(16-18-29)28-25(30)14-13-21-9-5-4-6-10-21/h4-14,20,22H,3,15-19H2,1-2H3,(H,27,31)(H,28,30)/b14-13+. The van der Waals surface area contributed by atoms with Crippen molar-refractivity contribution in [3.05, 3.63) is 71.8 Å². The minimum atomic E-state index is -0.0628. The smallest absolute Gasteiger partial charge is 0.253 e. The third kappa shape index (κ3) is 6.71. The molecule has 0 saturated carbocycles. The Morgan fingerprint density at radius 1 is 1.06 bits per heavy atom. The highest BCUT2D eigenvalue weighted by Gasteiger charge is 2.23. The van der Waals surface area contributed by atoms with E-state index in [1.54, 1.807) is 6.08 Å². The maximum Gasteiger partial charge on any atom is 0.253 e. The fourth-order valence-electron chi connectivity index (χ4n) is 3.70. The number of para-hydroxylation sites is 1. The summed E-state index contributed by atoms with van der Waals surface area (Å²) in [5, 5.41) is 6.17. The van der Waals surface area contributed by atoms with Crippen molar-refractivity contribution in [2.24, 2.45) is 5.92 Å². The average molecular weight is 420 g/mol. The van der Waals surface area contributed by atoms with E-state index < -0.39 is 0 Å². The normalized spacial score (nSPS) is 15.6. The van der Waals surface area contributed by atoms with Crippen LogP contribution >= 0.6 is 0 Å². The van der Waals surface area contributed by atoms with Gasteiger partial charge in [0, 0.05) is 37.4 Å². The van der Waals surface area contributed by atoms with Crippen molar-refractivity contribution in [2.75, 3.05) is 24.5 Å². The van der Waals surface area contributed by atoms with Gasteiger partial charge in [0.05, 0.1) is 5.56 Å². The molecule has 2 N–H and O–H groups in total. The van der Waals surface area contributed by atoms with E-state index in [2.05, 4.69) is 29.4 Å². The lowest BCUT2D eigenvalue weighted by atomic mass is 10.0. The summed E-state index contributed by atoms with van der Waals surface area (Å²) >= 11 is 0. The summed E-state index contributed by atoms with van der Waals surface area (Å²) in [4.78, 5) is 27.2. The van der Waals surface area contributed by atoms with Crippen LogP contribution in [0.15, 0.2) is 60.7 Å². The van der Waals surface area contributed by atoms with Crippen LogP contribution in [0.4, 0.5) is 5.69 Å². The number of amides is 2. The average Bonchev–Trinajstić information content (AvgIpc) is 2.82. The van der Waals surface area contributed by atoms with Gasteiger partial charge in [0.15, 0.2) is 0 Å². The van der Waals surface area contributed by atoms with Gasteiger partial charge >= 0.3 is 0 Å². The molecule has 5 nitrogen and oxygen atoms in total. The summed E-state index contributed by atoms with van der Waals surface area (Å²) in [7, 11) is 0. The van der Waals surface area contributed by atoms with Gasteiger partial charge in [-0.05, 0) is 42.5 Å². The van der Waals surface area contributed by atoms with Gasteiger partial charge in [0.1, 0.15) is 0 Å². The zero-order valence-corrected chi connectivity index (χ0v) is 18.5. The summed E-state index contributed by atoms with van der Waals surface area (Å²) < 4.78 is 0. The lowest BCUT2D eigenvalue weighted by molar-refractivity contribution is -0.117. The Balaban J connectivity index is 1.53. The minimum absolute atomic E-state index is 0.0163. The first-order valence-electron chi connectivity index (χ1n) is 11.2. The Morgan fingerprint density at radius 2 is 1.74 bits per heavy atom. The molecule has 1 saturated heterocycles. The van der Waals surface area contributed by atoms with E-state index in [1.165, 1.54) is 0 Å². The lowest BCUT2D eigenvalue weighted by Gasteiger charge is -2.34. The number of piperidine rings is 1. The predicted octanol–water partition coefficient (Wildman–Crippen LogP) is 4.26. The Labute approximate surface area is 185 Å². The number of carbonyl (C=O) groups excluding carboxylic acids is 2. The van der Waals surface area contributed by atoms with Crippen LogP contribution < -0.4 is 15.5 Å². The number of hydrogen-bond acceptors (Lipinski definition) is 3. The Bertz CT molecular complexity index is 887. The number of rotatable bonds is 8. The van der Waals surface area contributed by atoms with Crippen molar-refractivity contribution in [3.63, 3.8) is 0 Å². The first-order chi connectivity index (χ1) is 15.1. The molecule has 1 fully saturated rings. The zero-order chi connectivity index (χ0) is 22.1. The summed E-state index contributed by atoms with van der Waals surface area (Å²) in [5.41, 5.74) is 2.70. The molecule has 1 aliphatic rings. The summed E-state index contributed by atoms with van der Waals surface area (Å²) in [6.45, 7) is 6.58. The maximum absolute atomic E-state index is 12.7. The number of nitrogens with zero attached hydrogens (tertiary/aromatic N) is 1. The molecule has 5 heteroatoms. The van der Waals surface area contributed by atoms with E-state index in [-0.39, 0.29) is 17.9 Å². The van der Waals surface area contributed by atoms with Crippen LogP contribution in [0.1, 0.15) is 49.0 Å². The highest BCUT2D eigenvalue weighted by molar-refractivity contribution is 5.99. The van der Waals surface area contributed by atoms with Gasteiger partial charge in [-0.15, -0.1) is 0 Å². The third-order valence-electron chi connectivity index (χ3n) is 5.87. The maximum atomic E-state index is 12.7. The minimum Gasteiger partial charge on any atom is -0.371 e. The van der Waals surface area contributed by atoms with Gasteiger partial charge < -0.3 is 15.5 Å². The van der Waals surface area contributed by atoms with E-state index in [1.807, 2.05) is 60.7 Å². The van der Waals surface area contributed by atoms with Crippen LogP contribution in [0.2, 0.25) is 0 Å². The van der Waals surface area contributed by atoms with Crippen LogP contribution in [-0.4, -0.2) is 37.5 Å². The van der Waals surface area contributed by atoms with Gasteiger partial charge in [0.2, 0.25) is 5.91 Å². The molecule has 1 heterocycles. The van der Waals surface area contributed by atoms with Gasteiger partial charge in [-0.25, -0.2) is 0 Å². The topological polar surface area (TPSA) is 61.4 Å². The first-order valence-corrected chi connectivity index (χ1v) is 11.2. The van der Waals surface area contributed by atoms with E-state index in [4.69, 9.17) is 0 Å². The van der Waals surface area contributed by atoms with Gasteiger partial charge in [-0.2, -0.15) is 0 Å². The fourth-order valence-corrected chi connectivity index (χ4v) is 3.70. The van der Waals surface area contributed by atoms with Crippen molar-refractivity contribution < 1.29 is 9.59 Å². The quantitative estimate of drug-likeness (QED) is 0.629. The molecule has 1 atom stereocenters. The number of benzene rings is 2. The molecule has 2 amide bonds. The second-order valence-corrected chi connectivity index (χ2v) is 8.25. The van der Waals surface area contributed by atoms with Crippen molar-refractivity contribution in [1.29, 1.82) is 0 Å². The largest absolute Gasteiger partial charge is 0.371 e. The molecule has 164 valence electrons. The van der Waals surface area contributed by atoms with E-state index in [9.17, 15) is 9.59 Å². The molecule has 3 rings (SSSR count). The number of hydrogen-bond donors (Lipinski definition) is 2. The number of nitrogens with one attached hydrogen (secondary N) is 2. The van der Waals surface area contributed by atoms with E-state index >= 15 is 0 Å². The summed E-state index contributed by atoms with van der Waals surface area (Å²) in [6.07, 6.45) is 6.18. The SMILES string of the molecule is CCC(C)CNC(=O)c1ccccc1N1CCC(NC(=O)/C=C/c2ccccc2)CC1. The Hall–Kier alpha value is -3.08. The monoisotopic (exact) mass is 419 g/mol. The molecule has 2 aromatic carbocycles. The molecule has 1 aliphatic heterocycles. The fraction of sp³-hybridized carbons (Fsp3) is 0.385. The summed E-state index contributed by atoms with van der Waals surface area (Å²) in [6, 6.07) is 17.7. The highest BCUT2D eigenvalue weighted by atomic mass is 16.2. The molecule has 0 spiro atoms. The lowest BCUT2D eigenvalue weighted by Crippen LogP contribution is -2.44. The molecular formula is C26H33N3O2. The van der Waals surface area contributed by atoms with Gasteiger partial charge in [-0.3, -0.25) is 9.59 Å². The van der Waals surface area contributed by atoms with Crippen LogP contribution in [0, 0.1) is 5.92 Å². The summed E-state index contributed by atoms with van der Waals surface area (Å²) in [5.74, 6) is 0.385. The Morgan fingerprint density at radius 3 is 2.45 bits per heavy atom. The molecule has 2 aromatic rings. The highest BCUT2D eigenvalue weighted by Crippen LogP contribution is 2.24. The van der Waals surface area contributed by atoms with Gasteiger partial charge in [-0.1, -0.05) is 62.7 Å². The van der Waals surface area contributed by atoms with Crippen LogP contribution in [0.3, 0.4) is 0 Å². The van der Waals surface area contributed by atoms with E-state index in [0.29, 0.717) is 12.5 Å². The number of anilines is 1. The molecular weight excluding hydrogens is 386 g/mol. The van der Waals surface area contributed by atoms with Crippen molar-refractivity contribution in [3.8, 4) is 0 Å². The second-order valence-electron chi connectivity index (χ2n) is 8.25. The molecule has 0 radical (unpaired) electrons. The van der Waals surface area contributed by atoms with Crippen molar-refractivity contribution in [2.45, 2.75) is 39.2 Å². The van der Waals surface area contributed by atoms with Crippen LogP contribution in [0.5, 0.6) is 0 Å². The van der Waals surface area contributed by atoms with Crippen molar-refractivity contribution in [1.82, 2.24) is 10.6 Å². The molecule has 0 aromatic heterocycles. The third-order valence-corrected chi connectivity index (χ3v) is 5.87. The first kappa shape index (κ1) is 22.6. The van der Waals surface area contributed by atoms with E-state index in [0.717, 1.165) is 49.2 Å². The zero-order valence-electron chi connectivity index (χ0n) is 18.5. The molecule has 0 aliphatic carbocycles. The predicted molar refractivity (Wildman–Crippen MR) is 127 cm³/mol. The Kier molecular flexibility index (Phi) is 8.27. The van der Waals surface area contributed by atoms with Crippen LogP contribution in [-0.2, 0) is 4.79 Å². The molecule has 0 bridgehead atoms. The molecule has 1 unspecified atom stereocenters. The second kappa shape index (κ2) is 11.3. The van der Waals surface area contributed by atoms with Crippen LogP contribution in [0.25, 0.3) is 6.08 Å². The molecule has 31 heavy (non-hydrogen) atoms. The van der Waals surface area contributed by atoms with Gasteiger partial charge in [0.25, 0.3) is 5.91 Å². The number of carbonyl (C=O) groups is 2. The van der Waals surface area contributed by atoms with Crippen molar-refractivity contribution >= 4 is 23.6 Å².